The lowest BCUT2D eigenvalue weighted by atomic mass is 10.6. The fourth-order valence-electron chi connectivity index (χ4n) is 0.675. The smallest absolute Gasteiger partial charge is 0.334 e. The monoisotopic (exact) mass is 213 g/mol. The van der Waals surface area contributed by atoms with Crippen LogP contribution in [0.25, 0.3) is 0 Å². The molecule has 0 spiro atoms. The van der Waals surface area contributed by atoms with Gasteiger partial charge in [-0.05, 0) is 6.92 Å². The van der Waals surface area contributed by atoms with Gasteiger partial charge in [-0.2, -0.15) is 0 Å². The zero-order valence-electron chi connectivity index (χ0n) is 9.97. The van der Waals surface area contributed by atoms with E-state index in [1.54, 1.807) is 29.3 Å². The molecular weight excluding hydrogens is 194 g/mol. The molecule has 0 aromatic rings. The lowest BCUT2D eigenvalue weighted by molar-refractivity contribution is -0.141. The van der Waals surface area contributed by atoms with Crippen LogP contribution in [0.3, 0.4) is 0 Å². The topological polar surface area (TPSA) is 45.1 Å². The normalized spacial score (nSPS) is 13.1. The van der Waals surface area contributed by atoms with Crippen molar-refractivity contribution in [2.24, 2.45) is 4.99 Å². The molecule has 0 bridgehead atoms. The van der Waals surface area contributed by atoms with Crippen LogP contribution in [0.5, 0.6) is 0 Å². The number of rotatable bonds is 5. The van der Waals surface area contributed by atoms with Gasteiger partial charge in [0.15, 0.2) is 6.23 Å². The van der Waals surface area contributed by atoms with Gasteiger partial charge in [-0.3, -0.25) is 0 Å². The van der Waals surface area contributed by atoms with Crippen molar-refractivity contribution in [3.05, 3.63) is 12.3 Å². The van der Waals surface area contributed by atoms with Crippen LogP contribution in [-0.4, -0.2) is 56.5 Å². The van der Waals surface area contributed by atoms with Gasteiger partial charge in [0.05, 0.1) is 6.34 Å². The second-order valence-corrected chi connectivity index (χ2v) is 3.54. The van der Waals surface area contributed by atoms with E-state index in [4.69, 9.17) is 4.74 Å². The lowest BCUT2D eigenvalue weighted by Crippen LogP contribution is -2.15. The fraction of sp³-hybridized carbons (Fsp3) is 0.600. The predicted octanol–water partition coefficient (Wildman–Crippen LogP) is 0.541. The van der Waals surface area contributed by atoms with Crippen molar-refractivity contribution in [1.82, 2.24) is 9.80 Å². The first-order valence-corrected chi connectivity index (χ1v) is 4.66. The van der Waals surface area contributed by atoms with Crippen molar-refractivity contribution >= 4 is 12.3 Å². The van der Waals surface area contributed by atoms with Gasteiger partial charge in [-0.25, -0.2) is 9.79 Å². The van der Waals surface area contributed by atoms with Gasteiger partial charge in [0.1, 0.15) is 0 Å². The average molecular weight is 213 g/mol. The van der Waals surface area contributed by atoms with Crippen LogP contribution >= 0.6 is 0 Å². The second-order valence-electron chi connectivity index (χ2n) is 3.54. The van der Waals surface area contributed by atoms with Crippen molar-refractivity contribution < 1.29 is 9.53 Å². The Labute approximate surface area is 91.0 Å². The molecule has 0 aliphatic carbocycles. The zero-order valence-corrected chi connectivity index (χ0v) is 9.97. The molecule has 15 heavy (non-hydrogen) atoms. The minimum atomic E-state index is -0.466. The summed E-state index contributed by atoms with van der Waals surface area (Å²) in [6.07, 6.45) is 4.13. The molecule has 0 aliphatic rings. The highest BCUT2D eigenvalue weighted by Gasteiger charge is 2.03. The standard InChI is InChI=1S/C10H19N3O2/c1-9(11-8-13(4)5)15-10(14)6-7-12(2)3/h6-9H,1-5H3. The first kappa shape index (κ1) is 13.5. The van der Waals surface area contributed by atoms with E-state index in [-0.39, 0.29) is 0 Å². The first-order chi connectivity index (χ1) is 6.91. The van der Waals surface area contributed by atoms with Crippen molar-refractivity contribution in [1.29, 1.82) is 0 Å². The van der Waals surface area contributed by atoms with Gasteiger partial charge in [0.2, 0.25) is 0 Å². The van der Waals surface area contributed by atoms with Gasteiger partial charge in [0, 0.05) is 40.5 Å². The van der Waals surface area contributed by atoms with E-state index in [9.17, 15) is 4.79 Å². The summed E-state index contributed by atoms with van der Waals surface area (Å²) >= 11 is 0. The highest BCUT2D eigenvalue weighted by Crippen LogP contribution is 1.94. The molecule has 0 aliphatic heterocycles. The Hall–Kier alpha value is -1.52. The molecule has 0 N–H and O–H groups in total. The Morgan fingerprint density at radius 3 is 2.33 bits per heavy atom. The molecule has 0 amide bonds. The molecule has 1 unspecified atom stereocenters. The predicted molar refractivity (Wildman–Crippen MR) is 60.6 cm³/mol. The molecule has 0 heterocycles. The number of aliphatic imine (C=N–C) groups is 1. The molecule has 1 atom stereocenters. The highest BCUT2D eigenvalue weighted by molar-refractivity contribution is 5.81. The summed E-state index contributed by atoms with van der Waals surface area (Å²) < 4.78 is 4.97. The Bertz CT molecular complexity index is 247. The van der Waals surface area contributed by atoms with E-state index in [1.807, 2.05) is 28.2 Å². The molecule has 0 fully saturated rings. The largest absolute Gasteiger partial charge is 0.437 e. The molecule has 0 saturated heterocycles. The number of carbonyl (C=O) groups is 1. The second kappa shape index (κ2) is 6.86. The summed E-state index contributed by atoms with van der Waals surface area (Å²) in [6.45, 7) is 1.71. The molecule has 86 valence electrons. The number of esters is 1. The summed E-state index contributed by atoms with van der Waals surface area (Å²) in [4.78, 5) is 18.7. The summed E-state index contributed by atoms with van der Waals surface area (Å²) in [5.41, 5.74) is 0. The van der Waals surface area contributed by atoms with Crippen LogP contribution in [-0.2, 0) is 9.53 Å². The average Bonchev–Trinajstić information content (AvgIpc) is 2.11. The maximum Gasteiger partial charge on any atom is 0.334 e. The highest BCUT2D eigenvalue weighted by atomic mass is 16.6. The Morgan fingerprint density at radius 1 is 1.27 bits per heavy atom. The summed E-state index contributed by atoms with van der Waals surface area (Å²) in [5, 5.41) is 0. The van der Waals surface area contributed by atoms with E-state index in [2.05, 4.69) is 4.99 Å². The van der Waals surface area contributed by atoms with Crippen molar-refractivity contribution in [3.8, 4) is 0 Å². The Kier molecular flexibility index (Phi) is 6.17. The number of hydrogen-bond acceptors (Lipinski definition) is 4. The summed E-state index contributed by atoms with van der Waals surface area (Å²) in [6, 6.07) is 0. The third-order valence-corrected chi connectivity index (χ3v) is 1.30. The molecule has 0 aromatic heterocycles. The quantitative estimate of drug-likeness (QED) is 0.289. The van der Waals surface area contributed by atoms with Crippen LogP contribution in [0.2, 0.25) is 0 Å². The maximum absolute atomic E-state index is 11.2. The van der Waals surface area contributed by atoms with Crippen LogP contribution in [0.4, 0.5) is 0 Å². The van der Waals surface area contributed by atoms with Gasteiger partial charge >= 0.3 is 5.97 Å². The number of nitrogens with zero attached hydrogens (tertiary/aromatic N) is 3. The number of hydrogen-bond donors (Lipinski definition) is 0. The van der Waals surface area contributed by atoms with Gasteiger partial charge in [0.25, 0.3) is 0 Å². The summed E-state index contributed by atoms with van der Waals surface area (Å²) in [7, 11) is 7.36. The molecule has 0 radical (unpaired) electrons. The van der Waals surface area contributed by atoms with E-state index in [0.29, 0.717) is 0 Å². The third kappa shape index (κ3) is 8.80. The van der Waals surface area contributed by atoms with E-state index < -0.39 is 12.2 Å². The number of carbonyl (C=O) groups excluding carboxylic acids is 1. The molecular formula is C10H19N3O2. The van der Waals surface area contributed by atoms with Crippen molar-refractivity contribution in [2.75, 3.05) is 28.2 Å². The van der Waals surface area contributed by atoms with Gasteiger partial charge in [-0.1, -0.05) is 0 Å². The molecule has 5 heteroatoms. The lowest BCUT2D eigenvalue weighted by Gasteiger charge is -2.09. The van der Waals surface area contributed by atoms with E-state index >= 15 is 0 Å². The van der Waals surface area contributed by atoms with Crippen LogP contribution in [0.15, 0.2) is 17.3 Å². The van der Waals surface area contributed by atoms with E-state index in [1.165, 1.54) is 6.08 Å². The Morgan fingerprint density at radius 2 is 1.87 bits per heavy atom. The summed E-state index contributed by atoms with van der Waals surface area (Å²) in [5.74, 6) is -0.396. The van der Waals surface area contributed by atoms with E-state index in [0.717, 1.165) is 0 Å². The SMILES string of the molecule is CC(N=CN(C)C)OC(=O)C=CN(C)C. The number of ether oxygens (including phenoxy) is 1. The Balaban J connectivity index is 3.96. The van der Waals surface area contributed by atoms with Gasteiger partial charge in [-0.15, -0.1) is 0 Å². The third-order valence-electron chi connectivity index (χ3n) is 1.30. The molecule has 5 nitrogen and oxygen atoms in total. The maximum atomic E-state index is 11.2. The van der Waals surface area contributed by atoms with Crippen LogP contribution in [0, 0.1) is 0 Å². The minimum Gasteiger partial charge on any atom is -0.437 e. The van der Waals surface area contributed by atoms with Crippen molar-refractivity contribution in [2.45, 2.75) is 13.2 Å². The molecule has 0 rings (SSSR count). The first-order valence-electron chi connectivity index (χ1n) is 4.66. The molecule has 0 aromatic carbocycles. The van der Waals surface area contributed by atoms with Gasteiger partial charge < -0.3 is 14.5 Å². The van der Waals surface area contributed by atoms with Crippen molar-refractivity contribution in [3.63, 3.8) is 0 Å². The zero-order chi connectivity index (χ0) is 11.8. The minimum absolute atomic E-state index is 0.396. The van der Waals surface area contributed by atoms with Crippen LogP contribution in [0.1, 0.15) is 6.92 Å². The van der Waals surface area contributed by atoms with Crippen LogP contribution < -0.4 is 0 Å². The fourth-order valence-corrected chi connectivity index (χ4v) is 0.675. The molecule has 0 saturated carbocycles.